The monoisotopic (exact) mass is 140 g/mol. The van der Waals surface area contributed by atoms with Crippen LogP contribution in [-0.4, -0.2) is 0 Å². The molecule has 1 heteroatoms. The summed E-state index contributed by atoms with van der Waals surface area (Å²) < 4.78 is 0. The van der Waals surface area contributed by atoms with E-state index >= 15 is 0 Å². The molecule has 0 bridgehead atoms. The highest BCUT2D eigenvalue weighted by Gasteiger charge is 1.67. The van der Waals surface area contributed by atoms with Gasteiger partial charge in [0.15, 0.2) is 0 Å². The Morgan fingerprint density at radius 3 is 2.33 bits per heavy atom. The van der Waals surface area contributed by atoms with Gasteiger partial charge in [0, 0.05) is 0 Å². The van der Waals surface area contributed by atoms with Gasteiger partial charge in [-0.1, -0.05) is 24.3 Å². The predicted octanol–water partition coefficient (Wildman–Crippen LogP) is 2.95. The predicted molar refractivity (Wildman–Crippen MR) is 46.7 cm³/mol. The molecule has 0 heterocycles. The minimum atomic E-state index is 0.959. The number of thiol groups is 1. The molecule has 0 saturated carbocycles. The molecule has 0 atom stereocenters. The Morgan fingerprint density at radius 2 is 1.78 bits per heavy atom. The van der Waals surface area contributed by atoms with E-state index in [4.69, 9.17) is 0 Å². The second-order valence-corrected chi connectivity index (χ2v) is 1.91. The summed E-state index contributed by atoms with van der Waals surface area (Å²) in [7, 11) is 0. The van der Waals surface area contributed by atoms with Crippen molar-refractivity contribution < 1.29 is 0 Å². The molecule has 0 N–H and O–H groups in total. The second kappa shape index (κ2) is 7.57. The second-order valence-electron chi connectivity index (χ2n) is 1.62. The lowest BCUT2D eigenvalue weighted by molar-refractivity contribution is 1.32. The lowest BCUT2D eigenvalue weighted by Crippen LogP contribution is -1.57. The Kier molecular flexibility index (Phi) is 7.21. The summed E-state index contributed by atoms with van der Waals surface area (Å²) >= 11 is 3.91. The van der Waals surface area contributed by atoms with E-state index in [2.05, 4.69) is 31.4 Å². The molecule has 0 aromatic rings. The smallest absolute Gasteiger partial charge is 0.0161 e. The fraction of sp³-hybridized carbons (Fsp3) is 0.250. The molecule has 0 saturated heterocycles. The van der Waals surface area contributed by atoms with Gasteiger partial charge in [-0.15, -0.1) is 6.58 Å². The van der Waals surface area contributed by atoms with E-state index in [0.29, 0.717) is 0 Å². The van der Waals surface area contributed by atoms with E-state index in [9.17, 15) is 0 Å². The van der Waals surface area contributed by atoms with Gasteiger partial charge in [0.2, 0.25) is 0 Å². The summed E-state index contributed by atoms with van der Waals surface area (Å²) in [4.78, 5) is 0. The molecule has 0 fully saturated rings. The molecule has 0 aliphatic heterocycles. The van der Waals surface area contributed by atoms with E-state index in [-0.39, 0.29) is 0 Å². The molecular formula is C8H12S. The van der Waals surface area contributed by atoms with Crippen LogP contribution in [0.3, 0.4) is 0 Å². The minimum Gasteiger partial charge on any atom is -0.152 e. The van der Waals surface area contributed by atoms with Gasteiger partial charge in [-0.05, 0) is 18.2 Å². The number of hydrogen-bond acceptors (Lipinski definition) is 1. The molecule has 0 radical (unpaired) electrons. The van der Waals surface area contributed by atoms with Crippen molar-refractivity contribution in [1.29, 1.82) is 0 Å². The van der Waals surface area contributed by atoms with Crippen LogP contribution in [0.1, 0.15) is 12.8 Å². The van der Waals surface area contributed by atoms with Crippen LogP contribution in [0.15, 0.2) is 36.3 Å². The average Bonchev–Trinajstić information content (AvgIpc) is 1.89. The third kappa shape index (κ3) is 7.57. The maximum Gasteiger partial charge on any atom is -0.0161 e. The van der Waals surface area contributed by atoms with Crippen LogP contribution in [0.5, 0.6) is 0 Å². The summed E-state index contributed by atoms with van der Waals surface area (Å²) in [6.07, 6.45) is 9.97. The Morgan fingerprint density at radius 1 is 1.11 bits per heavy atom. The fourth-order valence-electron chi connectivity index (χ4n) is 0.428. The maximum atomic E-state index is 3.91. The van der Waals surface area contributed by atoms with Crippen LogP contribution in [0.2, 0.25) is 0 Å². The summed E-state index contributed by atoms with van der Waals surface area (Å²) in [5.41, 5.74) is 0. The molecule has 0 amide bonds. The zero-order valence-electron chi connectivity index (χ0n) is 5.46. The molecule has 9 heavy (non-hydrogen) atoms. The third-order valence-electron chi connectivity index (χ3n) is 0.847. The Bertz CT molecular complexity index is 112. The van der Waals surface area contributed by atoms with Crippen molar-refractivity contribution in [2.45, 2.75) is 12.8 Å². The first-order valence-electron chi connectivity index (χ1n) is 2.97. The first kappa shape index (κ1) is 8.57. The van der Waals surface area contributed by atoms with Crippen LogP contribution in [0.25, 0.3) is 0 Å². The van der Waals surface area contributed by atoms with Crippen LogP contribution in [-0.2, 0) is 0 Å². The molecule has 0 nitrogen and oxygen atoms in total. The Balaban J connectivity index is 3.14. The van der Waals surface area contributed by atoms with E-state index in [0.717, 1.165) is 12.8 Å². The van der Waals surface area contributed by atoms with Crippen molar-refractivity contribution in [2.75, 3.05) is 0 Å². The van der Waals surface area contributed by atoms with Crippen molar-refractivity contribution >= 4 is 12.6 Å². The zero-order chi connectivity index (χ0) is 6.95. The molecule has 0 spiro atoms. The van der Waals surface area contributed by atoms with E-state index in [1.54, 1.807) is 5.41 Å². The standard InChI is InChI=1S/C8H12S/c1-2-3-4-5-6-7-8-9/h2,4-5,7-9H,1,3,6H2/b5-4?,8-7+. The molecular weight excluding hydrogens is 128 g/mol. The number of allylic oxidation sites excluding steroid dienone is 4. The van der Waals surface area contributed by atoms with Gasteiger partial charge in [-0.3, -0.25) is 0 Å². The summed E-state index contributed by atoms with van der Waals surface area (Å²) in [5, 5.41) is 1.75. The van der Waals surface area contributed by atoms with Gasteiger partial charge in [-0.25, -0.2) is 0 Å². The quantitative estimate of drug-likeness (QED) is 0.450. The lowest BCUT2D eigenvalue weighted by atomic mass is 10.3. The summed E-state index contributed by atoms with van der Waals surface area (Å²) in [6, 6.07) is 0. The van der Waals surface area contributed by atoms with Crippen molar-refractivity contribution in [3.63, 3.8) is 0 Å². The van der Waals surface area contributed by atoms with Gasteiger partial charge < -0.3 is 0 Å². The van der Waals surface area contributed by atoms with E-state index in [1.807, 2.05) is 12.2 Å². The maximum absolute atomic E-state index is 3.91. The van der Waals surface area contributed by atoms with Crippen molar-refractivity contribution in [1.82, 2.24) is 0 Å². The molecule has 0 aromatic carbocycles. The van der Waals surface area contributed by atoms with Crippen LogP contribution < -0.4 is 0 Å². The van der Waals surface area contributed by atoms with Gasteiger partial charge in [0.05, 0.1) is 0 Å². The van der Waals surface area contributed by atoms with Crippen molar-refractivity contribution in [2.24, 2.45) is 0 Å². The highest BCUT2D eigenvalue weighted by molar-refractivity contribution is 7.83. The highest BCUT2D eigenvalue weighted by atomic mass is 32.1. The normalized spacial score (nSPS) is 11.2. The molecule has 0 aliphatic carbocycles. The van der Waals surface area contributed by atoms with E-state index < -0.39 is 0 Å². The molecule has 0 aliphatic rings. The molecule has 0 aromatic heterocycles. The van der Waals surface area contributed by atoms with Gasteiger partial charge >= 0.3 is 0 Å². The number of hydrogen-bond donors (Lipinski definition) is 1. The summed E-state index contributed by atoms with van der Waals surface area (Å²) in [6.45, 7) is 3.59. The molecule has 0 unspecified atom stereocenters. The fourth-order valence-corrected chi connectivity index (χ4v) is 0.550. The van der Waals surface area contributed by atoms with Crippen LogP contribution >= 0.6 is 12.6 Å². The van der Waals surface area contributed by atoms with Crippen LogP contribution in [0, 0.1) is 0 Å². The van der Waals surface area contributed by atoms with Gasteiger partial charge in [0.1, 0.15) is 0 Å². The van der Waals surface area contributed by atoms with E-state index in [1.165, 1.54) is 0 Å². The minimum absolute atomic E-state index is 0.959. The van der Waals surface area contributed by atoms with Crippen molar-refractivity contribution in [3.8, 4) is 0 Å². The third-order valence-corrected chi connectivity index (χ3v) is 1.06. The first-order chi connectivity index (χ1) is 4.41. The Hall–Kier alpha value is -0.430. The molecule has 0 rings (SSSR count). The largest absolute Gasteiger partial charge is 0.152 e. The van der Waals surface area contributed by atoms with Crippen molar-refractivity contribution in [3.05, 3.63) is 36.3 Å². The highest BCUT2D eigenvalue weighted by Crippen LogP contribution is 1.90. The zero-order valence-corrected chi connectivity index (χ0v) is 6.35. The lowest BCUT2D eigenvalue weighted by Gasteiger charge is -1.78. The average molecular weight is 140 g/mol. The van der Waals surface area contributed by atoms with Crippen LogP contribution in [0.4, 0.5) is 0 Å². The number of rotatable bonds is 4. The first-order valence-corrected chi connectivity index (χ1v) is 3.48. The Labute approximate surface area is 62.4 Å². The topological polar surface area (TPSA) is 0 Å². The van der Waals surface area contributed by atoms with Gasteiger partial charge in [0.25, 0.3) is 0 Å². The SMILES string of the molecule is C=CCC=CC/C=C/S. The molecule has 50 valence electrons. The summed E-state index contributed by atoms with van der Waals surface area (Å²) in [5.74, 6) is 0. The van der Waals surface area contributed by atoms with Gasteiger partial charge in [-0.2, -0.15) is 12.6 Å².